The van der Waals surface area contributed by atoms with Gasteiger partial charge in [-0.3, -0.25) is 0 Å². The van der Waals surface area contributed by atoms with Crippen LogP contribution in [0.3, 0.4) is 0 Å². The summed E-state index contributed by atoms with van der Waals surface area (Å²) in [5, 5.41) is 3.36. The van der Waals surface area contributed by atoms with Gasteiger partial charge in [0.2, 0.25) is 0 Å². The van der Waals surface area contributed by atoms with Crippen LogP contribution in [0.2, 0.25) is 0 Å². The highest BCUT2D eigenvalue weighted by molar-refractivity contribution is 4.99. The van der Waals surface area contributed by atoms with Crippen molar-refractivity contribution in [2.45, 2.75) is 46.0 Å². The molecule has 0 spiro atoms. The van der Waals surface area contributed by atoms with Crippen LogP contribution < -0.4 is 5.32 Å². The maximum Gasteiger partial charge on any atom is 0.0149 e. The van der Waals surface area contributed by atoms with Gasteiger partial charge in [0.25, 0.3) is 0 Å². The highest BCUT2D eigenvalue weighted by Gasteiger charge is 2.05. The summed E-state index contributed by atoms with van der Waals surface area (Å²) in [6, 6.07) is 0. The lowest BCUT2D eigenvalue weighted by molar-refractivity contribution is 0.561. The Bertz CT molecular complexity index is 228. The molecule has 0 bridgehead atoms. The third-order valence-electron chi connectivity index (χ3n) is 2.87. The molecule has 1 nitrogen and oxygen atoms in total. The van der Waals surface area contributed by atoms with Crippen molar-refractivity contribution in [2.24, 2.45) is 5.92 Å². The summed E-state index contributed by atoms with van der Waals surface area (Å²) in [4.78, 5) is 0. The molecular formula is C15H27N. The van der Waals surface area contributed by atoms with Crippen molar-refractivity contribution in [1.29, 1.82) is 0 Å². The van der Waals surface area contributed by atoms with Gasteiger partial charge >= 0.3 is 0 Å². The molecule has 1 heteroatoms. The van der Waals surface area contributed by atoms with Gasteiger partial charge in [-0.25, -0.2) is 0 Å². The molecule has 1 unspecified atom stereocenters. The maximum atomic E-state index is 4.13. The van der Waals surface area contributed by atoms with Gasteiger partial charge in [0.1, 0.15) is 0 Å². The first-order valence-corrected chi connectivity index (χ1v) is 6.32. The maximum absolute atomic E-state index is 4.13. The molecule has 0 saturated heterocycles. The van der Waals surface area contributed by atoms with Gasteiger partial charge in [0.05, 0.1) is 0 Å². The minimum absolute atomic E-state index is 0.611. The van der Waals surface area contributed by atoms with Crippen molar-refractivity contribution in [2.75, 3.05) is 6.54 Å². The van der Waals surface area contributed by atoms with Crippen LogP contribution in [0, 0.1) is 5.92 Å². The van der Waals surface area contributed by atoms with E-state index >= 15 is 0 Å². The van der Waals surface area contributed by atoms with E-state index in [2.05, 4.69) is 38.9 Å². The number of hydrogen-bond donors (Lipinski definition) is 1. The number of allylic oxidation sites excluding steroid dienone is 3. The summed E-state index contributed by atoms with van der Waals surface area (Å²) < 4.78 is 0. The standard InChI is InChI=1S/C15H27N/c1-6-8-10-15(5)16-12-11-14(4)13(3)9-7-2/h6,14,16H,1,3,5,7-12H2,2,4H3. The highest BCUT2D eigenvalue weighted by Crippen LogP contribution is 2.17. The normalized spacial score (nSPS) is 11.9. The third kappa shape index (κ3) is 7.33. The molecule has 0 saturated carbocycles. The van der Waals surface area contributed by atoms with Crippen LogP contribution in [0.4, 0.5) is 0 Å². The Hall–Kier alpha value is -0.980. The third-order valence-corrected chi connectivity index (χ3v) is 2.87. The molecule has 0 aliphatic rings. The minimum atomic E-state index is 0.611. The van der Waals surface area contributed by atoms with Crippen molar-refractivity contribution in [3.63, 3.8) is 0 Å². The average molecular weight is 221 g/mol. The molecule has 0 fully saturated rings. The van der Waals surface area contributed by atoms with Crippen molar-refractivity contribution in [3.8, 4) is 0 Å². The number of nitrogens with one attached hydrogen (secondary N) is 1. The first-order valence-electron chi connectivity index (χ1n) is 6.32. The Morgan fingerprint density at radius 2 is 2.00 bits per heavy atom. The fourth-order valence-corrected chi connectivity index (χ4v) is 1.60. The molecular weight excluding hydrogens is 194 g/mol. The van der Waals surface area contributed by atoms with Crippen molar-refractivity contribution in [1.82, 2.24) is 5.32 Å². The molecule has 0 aliphatic heterocycles. The Balaban J connectivity index is 3.60. The lowest BCUT2D eigenvalue weighted by Gasteiger charge is -2.15. The summed E-state index contributed by atoms with van der Waals surface area (Å²) in [6.45, 7) is 17.3. The van der Waals surface area contributed by atoms with Gasteiger partial charge < -0.3 is 5.32 Å². The molecule has 0 amide bonds. The molecule has 0 aromatic rings. The Labute approximate surface area is 101 Å². The molecule has 0 radical (unpaired) electrons. The SMILES string of the molecule is C=CCCC(=C)NCCC(C)C(=C)CCC. The minimum Gasteiger partial charge on any atom is -0.389 e. The fourth-order valence-electron chi connectivity index (χ4n) is 1.60. The van der Waals surface area contributed by atoms with Gasteiger partial charge in [-0.1, -0.05) is 45.1 Å². The van der Waals surface area contributed by atoms with Crippen LogP contribution in [-0.4, -0.2) is 6.54 Å². The quantitative estimate of drug-likeness (QED) is 0.538. The molecule has 0 aromatic heterocycles. The number of rotatable bonds is 10. The van der Waals surface area contributed by atoms with Gasteiger partial charge in [0, 0.05) is 12.2 Å². The topological polar surface area (TPSA) is 12.0 Å². The fraction of sp³-hybridized carbons (Fsp3) is 0.600. The van der Waals surface area contributed by atoms with Crippen LogP contribution in [0.1, 0.15) is 46.0 Å². The second-order valence-corrected chi connectivity index (χ2v) is 4.46. The molecule has 1 N–H and O–H groups in total. The Kier molecular flexibility index (Phi) is 8.69. The van der Waals surface area contributed by atoms with Crippen LogP contribution in [-0.2, 0) is 0 Å². The molecule has 92 valence electrons. The first-order chi connectivity index (χ1) is 7.61. The molecule has 0 rings (SSSR count). The van der Waals surface area contributed by atoms with Gasteiger partial charge in [-0.05, 0) is 31.6 Å². The van der Waals surface area contributed by atoms with E-state index in [-0.39, 0.29) is 0 Å². The first kappa shape index (κ1) is 15.0. The number of hydrogen-bond acceptors (Lipinski definition) is 1. The van der Waals surface area contributed by atoms with Gasteiger partial charge in [-0.15, -0.1) is 6.58 Å². The van der Waals surface area contributed by atoms with E-state index < -0.39 is 0 Å². The molecule has 16 heavy (non-hydrogen) atoms. The zero-order valence-corrected chi connectivity index (χ0v) is 11.0. The smallest absolute Gasteiger partial charge is 0.0149 e. The lowest BCUT2D eigenvalue weighted by Crippen LogP contribution is -2.16. The molecule has 0 aliphatic carbocycles. The second kappa shape index (κ2) is 9.26. The van der Waals surface area contributed by atoms with Crippen LogP contribution in [0.15, 0.2) is 37.1 Å². The van der Waals surface area contributed by atoms with Crippen LogP contribution in [0.25, 0.3) is 0 Å². The largest absolute Gasteiger partial charge is 0.389 e. The molecule has 0 aromatic carbocycles. The van der Waals surface area contributed by atoms with Crippen molar-refractivity contribution in [3.05, 3.63) is 37.1 Å². The predicted octanol–water partition coefficient (Wildman–Crippen LogP) is 4.44. The van der Waals surface area contributed by atoms with Crippen LogP contribution in [0.5, 0.6) is 0 Å². The highest BCUT2D eigenvalue weighted by atomic mass is 14.9. The van der Waals surface area contributed by atoms with E-state index in [1.165, 1.54) is 12.0 Å². The summed E-state index contributed by atoms with van der Waals surface area (Å²) in [5.74, 6) is 0.611. The average Bonchev–Trinajstić information content (AvgIpc) is 2.26. The summed E-state index contributed by atoms with van der Waals surface area (Å²) in [7, 11) is 0. The Morgan fingerprint density at radius 3 is 2.56 bits per heavy atom. The Morgan fingerprint density at radius 1 is 1.31 bits per heavy atom. The van der Waals surface area contributed by atoms with E-state index in [0.29, 0.717) is 5.92 Å². The predicted molar refractivity (Wildman–Crippen MR) is 74.4 cm³/mol. The second-order valence-electron chi connectivity index (χ2n) is 4.46. The van der Waals surface area contributed by atoms with Crippen molar-refractivity contribution < 1.29 is 0 Å². The zero-order chi connectivity index (χ0) is 12.4. The van der Waals surface area contributed by atoms with Crippen molar-refractivity contribution >= 4 is 0 Å². The van der Waals surface area contributed by atoms with E-state index in [1.807, 2.05) is 6.08 Å². The summed E-state index contributed by atoms with van der Waals surface area (Å²) >= 11 is 0. The molecule has 1 atom stereocenters. The lowest BCUT2D eigenvalue weighted by atomic mass is 9.95. The van der Waals surface area contributed by atoms with E-state index in [9.17, 15) is 0 Å². The van der Waals surface area contributed by atoms with E-state index in [0.717, 1.165) is 37.9 Å². The summed E-state index contributed by atoms with van der Waals surface area (Å²) in [5.41, 5.74) is 2.49. The summed E-state index contributed by atoms with van der Waals surface area (Å²) in [6.07, 6.45) is 7.42. The monoisotopic (exact) mass is 221 g/mol. The molecule has 0 heterocycles. The van der Waals surface area contributed by atoms with Crippen LogP contribution >= 0.6 is 0 Å². The van der Waals surface area contributed by atoms with Gasteiger partial charge in [0.15, 0.2) is 0 Å². The van der Waals surface area contributed by atoms with E-state index in [4.69, 9.17) is 0 Å². The van der Waals surface area contributed by atoms with Gasteiger partial charge in [-0.2, -0.15) is 0 Å². The van der Waals surface area contributed by atoms with E-state index in [1.54, 1.807) is 0 Å². The zero-order valence-electron chi connectivity index (χ0n) is 11.0.